The van der Waals surface area contributed by atoms with Gasteiger partial charge in [-0.15, -0.1) is 0 Å². The van der Waals surface area contributed by atoms with Gasteiger partial charge in [0.05, 0.1) is 6.10 Å². The topological polar surface area (TPSA) is 153 Å². The van der Waals surface area contributed by atoms with Crippen LogP contribution >= 0.6 is 21.6 Å². The first kappa shape index (κ1) is 39.3. The van der Waals surface area contributed by atoms with E-state index in [-0.39, 0.29) is 52.5 Å². The second-order valence-corrected chi connectivity index (χ2v) is 17.6. The van der Waals surface area contributed by atoms with E-state index in [0.29, 0.717) is 60.5 Å². The van der Waals surface area contributed by atoms with Gasteiger partial charge in [0.25, 0.3) is 0 Å². The molecule has 0 radical (unpaired) electrons. The van der Waals surface area contributed by atoms with Gasteiger partial charge in [0.2, 0.25) is 11.2 Å². The highest BCUT2D eigenvalue weighted by molar-refractivity contribution is 8.76. The number of phenolic OH excluding ortho intramolecular Hbond substituents is 2. The number of hydrogen-bond donors (Lipinski definition) is 6. The molecule has 2 bridgehead atoms. The van der Waals surface area contributed by atoms with E-state index in [0.717, 1.165) is 48.1 Å². The van der Waals surface area contributed by atoms with Crippen molar-refractivity contribution in [3.8, 4) is 34.3 Å². The van der Waals surface area contributed by atoms with Crippen molar-refractivity contribution in [3.63, 3.8) is 0 Å². The van der Waals surface area contributed by atoms with Crippen LogP contribution in [-0.2, 0) is 18.6 Å². The third kappa shape index (κ3) is 9.14. The SMILES string of the molecule is CN[C@@H]1CSSCc2c(-c3oc4cc(O)cc(O[C@H](CCCO)[C@H](O)CC5CCCCC5)c4c(=O)c3O)cc(CC(C)C)c(O)c2Cc2cccc1c2. The molecule has 3 aromatic carbocycles. The van der Waals surface area contributed by atoms with Gasteiger partial charge in [-0.2, -0.15) is 0 Å². The van der Waals surface area contributed by atoms with Gasteiger partial charge < -0.3 is 40.0 Å². The van der Waals surface area contributed by atoms with Crippen molar-refractivity contribution >= 4 is 32.6 Å². The Labute approximate surface area is 319 Å². The fraction of sp³-hybridized carbons (Fsp3) is 0.500. The number of ether oxygens (including phenoxy) is 1. The van der Waals surface area contributed by atoms with E-state index < -0.39 is 23.4 Å². The van der Waals surface area contributed by atoms with E-state index in [1.54, 1.807) is 21.6 Å². The Morgan fingerprint density at radius 3 is 2.53 bits per heavy atom. The maximum Gasteiger partial charge on any atom is 0.238 e. The molecule has 0 unspecified atom stereocenters. The number of phenols is 2. The largest absolute Gasteiger partial charge is 0.508 e. The van der Waals surface area contributed by atoms with Crippen molar-refractivity contribution in [3.05, 3.63) is 80.5 Å². The number of benzene rings is 3. The van der Waals surface area contributed by atoms with E-state index in [2.05, 4.69) is 31.3 Å². The lowest BCUT2D eigenvalue weighted by molar-refractivity contribution is 0.00987. The first-order valence-corrected chi connectivity index (χ1v) is 21.4. The molecule has 1 aromatic heterocycles. The van der Waals surface area contributed by atoms with Crippen LogP contribution in [0.15, 0.2) is 51.7 Å². The molecule has 1 saturated carbocycles. The van der Waals surface area contributed by atoms with E-state index in [1.807, 2.05) is 25.2 Å². The number of aliphatic hydroxyl groups excluding tert-OH is 2. The third-order valence-corrected chi connectivity index (χ3v) is 13.0. The summed E-state index contributed by atoms with van der Waals surface area (Å²) in [7, 11) is 5.29. The molecule has 53 heavy (non-hydrogen) atoms. The summed E-state index contributed by atoms with van der Waals surface area (Å²) in [6, 6.07) is 13.0. The van der Waals surface area contributed by atoms with E-state index in [1.165, 1.54) is 18.6 Å². The predicted octanol–water partition coefficient (Wildman–Crippen LogP) is 8.37. The van der Waals surface area contributed by atoms with Crippen LogP contribution in [0, 0.1) is 11.8 Å². The van der Waals surface area contributed by atoms with Gasteiger partial charge in [0.1, 0.15) is 34.3 Å². The summed E-state index contributed by atoms with van der Waals surface area (Å²) in [4.78, 5) is 14.3. The Kier molecular flexibility index (Phi) is 13.3. The second kappa shape index (κ2) is 17.9. The Hall–Kier alpha value is -3.35. The lowest BCUT2D eigenvalue weighted by Gasteiger charge is -2.29. The van der Waals surface area contributed by atoms with Crippen molar-refractivity contribution in [2.75, 3.05) is 19.4 Å². The van der Waals surface area contributed by atoms with Gasteiger partial charge in [-0.3, -0.25) is 4.79 Å². The van der Waals surface area contributed by atoms with Crippen LogP contribution in [0.2, 0.25) is 0 Å². The van der Waals surface area contributed by atoms with E-state index in [4.69, 9.17) is 9.15 Å². The highest BCUT2D eigenvalue weighted by Gasteiger charge is 2.30. The molecule has 0 amide bonds. The van der Waals surface area contributed by atoms with Gasteiger partial charge >= 0.3 is 0 Å². The highest BCUT2D eigenvalue weighted by atomic mass is 33.1. The Morgan fingerprint density at radius 1 is 1.00 bits per heavy atom. The van der Waals surface area contributed by atoms with Crippen LogP contribution in [0.4, 0.5) is 0 Å². The van der Waals surface area contributed by atoms with E-state index >= 15 is 0 Å². The van der Waals surface area contributed by atoms with Crippen molar-refractivity contribution < 1.29 is 34.7 Å². The normalized spacial score (nSPS) is 18.0. The minimum absolute atomic E-state index is 0.00216. The van der Waals surface area contributed by atoms with Crippen molar-refractivity contribution in [2.24, 2.45) is 11.8 Å². The molecule has 3 atom stereocenters. The molecule has 0 saturated heterocycles. The number of fused-ring (bicyclic) bond motifs is 4. The van der Waals surface area contributed by atoms with Crippen LogP contribution in [0.25, 0.3) is 22.3 Å². The number of hydrogen-bond acceptors (Lipinski definition) is 11. The standard InChI is InChI=1S/C42H53NO8S2/c1-24(2)15-28-19-31(32-22-52-53-23-33(43-3)27-12-7-11-26(16-27)17-30(32)39(28)47)42-41(49)40(48)38-36(20-29(45)21-37(38)51-42)50-35(13-8-14-44)34(46)18-25-9-5-4-6-10-25/h7,11-12,16,19-21,24-25,33-35,43-47,49H,4-6,8-10,13-15,17-18,22-23H2,1-3H3/t33-,34-,35-/m1/s1. The number of aliphatic hydroxyl groups is 2. The first-order chi connectivity index (χ1) is 25.6. The fourth-order valence-electron chi connectivity index (χ4n) is 7.91. The lowest BCUT2D eigenvalue weighted by atomic mass is 9.84. The van der Waals surface area contributed by atoms with Gasteiger partial charge in [0.15, 0.2) is 5.76 Å². The number of nitrogens with one attached hydrogen (secondary N) is 1. The zero-order valence-electron chi connectivity index (χ0n) is 30.9. The molecule has 1 aliphatic heterocycles. The summed E-state index contributed by atoms with van der Waals surface area (Å²) < 4.78 is 12.8. The Bertz CT molecular complexity index is 1940. The molecule has 6 rings (SSSR count). The summed E-state index contributed by atoms with van der Waals surface area (Å²) >= 11 is 0. The molecule has 1 aliphatic carbocycles. The van der Waals surface area contributed by atoms with Crippen LogP contribution < -0.4 is 15.5 Å². The molecule has 1 fully saturated rings. The number of aromatic hydroxyl groups is 3. The smallest absolute Gasteiger partial charge is 0.238 e. The zero-order chi connectivity index (χ0) is 37.6. The van der Waals surface area contributed by atoms with Crippen LogP contribution in [0.3, 0.4) is 0 Å². The average molecular weight is 764 g/mol. The lowest BCUT2D eigenvalue weighted by Crippen LogP contribution is -2.34. The van der Waals surface area contributed by atoms with Gasteiger partial charge in [-0.1, -0.05) is 91.8 Å². The molecule has 11 heteroatoms. The van der Waals surface area contributed by atoms with Crippen LogP contribution in [0.1, 0.15) is 99.1 Å². The molecule has 9 nitrogen and oxygen atoms in total. The summed E-state index contributed by atoms with van der Waals surface area (Å²) in [6.07, 6.45) is 6.19. The summed E-state index contributed by atoms with van der Waals surface area (Å²) in [5.41, 5.74) is 4.15. The minimum Gasteiger partial charge on any atom is -0.508 e. The van der Waals surface area contributed by atoms with Crippen molar-refractivity contribution in [1.82, 2.24) is 5.32 Å². The molecule has 286 valence electrons. The summed E-state index contributed by atoms with van der Waals surface area (Å²) in [5, 5.41) is 58.8. The maximum atomic E-state index is 14.3. The first-order valence-electron chi connectivity index (χ1n) is 18.9. The predicted molar refractivity (Wildman–Crippen MR) is 214 cm³/mol. The molecule has 4 aromatic rings. The van der Waals surface area contributed by atoms with Gasteiger partial charge in [-0.05, 0) is 72.9 Å². The Morgan fingerprint density at radius 2 is 1.79 bits per heavy atom. The van der Waals surface area contributed by atoms with Crippen LogP contribution in [0.5, 0.6) is 23.0 Å². The molecule has 2 aliphatic rings. The average Bonchev–Trinajstić information content (AvgIpc) is 3.15. The van der Waals surface area contributed by atoms with Crippen LogP contribution in [-0.4, -0.2) is 57.1 Å². The van der Waals surface area contributed by atoms with E-state index in [9.17, 15) is 30.3 Å². The number of rotatable bonds is 12. The van der Waals surface area contributed by atoms with Gasteiger partial charge in [-0.25, -0.2) is 0 Å². The van der Waals surface area contributed by atoms with Gasteiger partial charge in [0, 0.05) is 53.8 Å². The third-order valence-electron chi connectivity index (χ3n) is 10.6. The highest BCUT2D eigenvalue weighted by Crippen LogP contribution is 2.45. The monoisotopic (exact) mass is 763 g/mol. The zero-order valence-corrected chi connectivity index (χ0v) is 32.5. The molecular formula is C42H53NO8S2. The summed E-state index contributed by atoms with van der Waals surface area (Å²) in [5.74, 6) is 1.20. The van der Waals surface area contributed by atoms with Crippen molar-refractivity contribution in [2.45, 2.75) is 102 Å². The van der Waals surface area contributed by atoms with Crippen molar-refractivity contribution in [1.29, 1.82) is 0 Å². The molecule has 6 N–H and O–H groups in total. The Balaban J connectivity index is 1.47. The quantitative estimate of drug-likeness (QED) is 0.0772. The molecular weight excluding hydrogens is 711 g/mol. The second-order valence-electron chi connectivity index (χ2n) is 15.1. The minimum atomic E-state index is -0.852. The fourth-order valence-corrected chi connectivity index (χ4v) is 10.3. The molecule has 2 heterocycles. The summed E-state index contributed by atoms with van der Waals surface area (Å²) in [6.45, 7) is 4.05. The molecule has 0 spiro atoms. The maximum absolute atomic E-state index is 14.3.